The lowest BCUT2D eigenvalue weighted by molar-refractivity contribution is -0.154. The predicted octanol–water partition coefficient (Wildman–Crippen LogP) is -0.267. The summed E-state index contributed by atoms with van der Waals surface area (Å²) < 4.78 is 4.81. The number of benzene rings is 1. The number of hydrogen-bond acceptors (Lipinski definition) is 5. The maximum absolute atomic E-state index is 11.7. The molecule has 0 radical (unpaired) electrons. The van der Waals surface area contributed by atoms with Crippen LogP contribution >= 0.6 is 0 Å². The van der Waals surface area contributed by atoms with Gasteiger partial charge >= 0.3 is 12.0 Å². The Morgan fingerprint density at radius 1 is 1.13 bits per heavy atom. The Morgan fingerprint density at radius 2 is 1.78 bits per heavy atom. The number of amides is 4. The maximum atomic E-state index is 11.7. The normalized spacial score (nSPS) is 11.0. The van der Waals surface area contributed by atoms with Crippen LogP contribution in [0.4, 0.5) is 4.79 Å². The van der Waals surface area contributed by atoms with Crippen molar-refractivity contribution in [3.05, 3.63) is 35.9 Å². The van der Waals surface area contributed by atoms with Crippen LogP contribution in [0.25, 0.3) is 0 Å². The van der Waals surface area contributed by atoms with E-state index in [0.29, 0.717) is 0 Å². The molecular formula is C15H19N3O5. The fourth-order valence-electron chi connectivity index (χ4n) is 1.58. The van der Waals surface area contributed by atoms with Gasteiger partial charge in [0.15, 0.2) is 6.10 Å². The number of urea groups is 1. The van der Waals surface area contributed by atoms with Crippen LogP contribution in [0.3, 0.4) is 0 Å². The van der Waals surface area contributed by atoms with Crippen molar-refractivity contribution in [2.75, 3.05) is 13.6 Å². The van der Waals surface area contributed by atoms with E-state index in [0.717, 1.165) is 5.56 Å². The highest BCUT2D eigenvalue weighted by atomic mass is 16.5. The van der Waals surface area contributed by atoms with Gasteiger partial charge in [0.05, 0.1) is 6.42 Å². The van der Waals surface area contributed by atoms with Crippen LogP contribution in [0.5, 0.6) is 0 Å². The quantitative estimate of drug-likeness (QED) is 0.624. The molecule has 4 amide bonds. The topological polar surface area (TPSA) is 114 Å². The van der Waals surface area contributed by atoms with Gasteiger partial charge in [0.2, 0.25) is 5.91 Å². The summed E-state index contributed by atoms with van der Waals surface area (Å²) in [7, 11) is 1.35. The zero-order valence-corrected chi connectivity index (χ0v) is 12.9. The highest BCUT2D eigenvalue weighted by Gasteiger charge is 2.19. The minimum Gasteiger partial charge on any atom is -0.451 e. The molecule has 124 valence electrons. The third-order valence-corrected chi connectivity index (χ3v) is 2.78. The summed E-state index contributed by atoms with van der Waals surface area (Å²) in [5, 5.41) is 6.58. The third-order valence-electron chi connectivity index (χ3n) is 2.78. The fraction of sp³-hybridized carbons (Fsp3) is 0.333. The molecule has 0 spiro atoms. The monoisotopic (exact) mass is 321 g/mol. The summed E-state index contributed by atoms with van der Waals surface area (Å²) in [5.41, 5.74) is 0.816. The first-order valence-corrected chi connectivity index (χ1v) is 6.95. The molecule has 8 nitrogen and oxygen atoms in total. The lowest BCUT2D eigenvalue weighted by atomic mass is 10.1. The first-order chi connectivity index (χ1) is 10.9. The molecule has 1 aromatic rings. The number of carbonyl (C=O) groups is 4. The minimum atomic E-state index is -1.15. The van der Waals surface area contributed by atoms with Crippen LogP contribution in [0.2, 0.25) is 0 Å². The van der Waals surface area contributed by atoms with Crippen molar-refractivity contribution >= 4 is 23.8 Å². The number of ether oxygens (including phenoxy) is 1. The Balaban J connectivity index is 2.32. The lowest BCUT2D eigenvalue weighted by Crippen LogP contribution is -2.44. The summed E-state index contributed by atoms with van der Waals surface area (Å²) in [6.07, 6.45) is -1.01. The van der Waals surface area contributed by atoms with Crippen LogP contribution < -0.4 is 16.0 Å². The average molecular weight is 321 g/mol. The molecule has 8 heteroatoms. The Morgan fingerprint density at radius 3 is 2.39 bits per heavy atom. The Kier molecular flexibility index (Phi) is 7.25. The van der Waals surface area contributed by atoms with E-state index in [1.807, 2.05) is 23.5 Å². The second-order valence-corrected chi connectivity index (χ2v) is 4.64. The Labute approximate surface area is 133 Å². The van der Waals surface area contributed by atoms with Crippen molar-refractivity contribution in [1.29, 1.82) is 0 Å². The van der Waals surface area contributed by atoms with Crippen molar-refractivity contribution in [1.82, 2.24) is 16.0 Å². The molecule has 0 fully saturated rings. The van der Waals surface area contributed by atoms with Crippen LogP contribution in [-0.2, 0) is 25.5 Å². The maximum Gasteiger partial charge on any atom is 0.326 e. The molecule has 0 saturated heterocycles. The molecule has 1 rings (SSSR count). The molecule has 1 atom stereocenters. The minimum absolute atomic E-state index is 0.140. The molecule has 0 saturated carbocycles. The van der Waals surface area contributed by atoms with Crippen LogP contribution in [-0.4, -0.2) is 43.5 Å². The van der Waals surface area contributed by atoms with Gasteiger partial charge in [-0.15, -0.1) is 0 Å². The van der Waals surface area contributed by atoms with Crippen LogP contribution in [0, 0.1) is 0 Å². The number of imide groups is 1. The molecule has 0 aliphatic rings. The van der Waals surface area contributed by atoms with Gasteiger partial charge < -0.3 is 15.4 Å². The third kappa shape index (κ3) is 7.07. The summed E-state index contributed by atoms with van der Waals surface area (Å²) in [6.45, 7) is 0.964. The standard InChI is InChI=1S/C15H19N3O5/c1-10(14(21)18-15(22)16-2)23-13(20)9-17-12(19)8-11-6-4-3-5-7-11/h3-7,10H,8-9H2,1-2H3,(H,17,19)(H2,16,18,21,22)/t10-/m0/s1. The summed E-state index contributed by atoms with van der Waals surface area (Å²) in [4.78, 5) is 45.7. The van der Waals surface area contributed by atoms with E-state index < -0.39 is 24.0 Å². The molecule has 0 aromatic heterocycles. The van der Waals surface area contributed by atoms with E-state index >= 15 is 0 Å². The van der Waals surface area contributed by atoms with Gasteiger partial charge in [-0.25, -0.2) is 4.79 Å². The molecule has 0 aliphatic heterocycles. The highest BCUT2D eigenvalue weighted by Crippen LogP contribution is 1.99. The molecule has 0 unspecified atom stereocenters. The van der Waals surface area contributed by atoms with Crippen molar-refractivity contribution in [2.45, 2.75) is 19.4 Å². The first-order valence-electron chi connectivity index (χ1n) is 6.95. The molecule has 23 heavy (non-hydrogen) atoms. The van der Waals surface area contributed by atoms with Gasteiger partial charge in [-0.3, -0.25) is 19.7 Å². The first kappa shape index (κ1) is 18.1. The predicted molar refractivity (Wildman–Crippen MR) is 81.3 cm³/mol. The number of esters is 1. The van der Waals surface area contributed by atoms with Gasteiger partial charge in [0.25, 0.3) is 5.91 Å². The SMILES string of the molecule is CNC(=O)NC(=O)[C@H](C)OC(=O)CNC(=O)Cc1ccccc1. The van der Waals surface area contributed by atoms with Gasteiger partial charge in [-0.05, 0) is 12.5 Å². The van der Waals surface area contributed by atoms with Gasteiger partial charge in [-0.2, -0.15) is 0 Å². The van der Waals surface area contributed by atoms with Crippen LogP contribution in [0.1, 0.15) is 12.5 Å². The van der Waals surface area contributed by atoms with Crippen LogP contribution in [0.15, 0.2) is 30.3 Å². The number of rotatable bonds is 6. The second kappa shape index (κ2) is 9.19. The number of nitrogens with one attached hydrogen (secondary N) is 3. The van der Waals surface area contributed by atoms with E-state index in [4.69, 9.17) is 4.74 Å². The highest BCUT2D eigenvalue weighted by molar-refractivity contribution is 5.97. The molecule has 0 aliphatic carbocycles. The second-order valence-electron chi connectivity index (χ2n) is 4.64. The van der Waals surface area contributed by atoms with Crippen molar-refractivity contribution in [3.8, 4) is 0 Å². The molecular weight excluding hydrogens is 302 g/mol. The lowest BCUT2D eigenvalue weighted by Gasteiger charge is -2.13. The van der Waals surface area contributed by atoms with Crippen molar-refractivity contribution < 1.29 is 23.9 Å². The zero-order valence-electron chi connectivity index (χ0n) is 12.9. The zero-order chi connectivity index (χ0) is 17.2. The van der Waals surface area contributed by atoms with Crippen molar-refractivity contribution in [2.24, 2.45) is 0 Å². The summed E-state index contributed by atoms with van der Waals surface area (Å²) in [6, 6.07) is 8.35. The van der Waals surface area contributed by atoms with E-state index in [9.17, 15) is 19.2 Å². The Bertz CT molecular complexity index is 574. The molecule has 0 heterocycles. The molecule has 0 bridgehead atoms. The summed E-state index contributed by atoms with van der Waals surface area (Å²) >= 11 is 0. The van der Waals surface area contributed by atoms with Gasteiger partial charge in [0, 0.05) is 7.05 Å². The van der Waals surface area contributed by atoms with E-state index in [2.05, 4.69) is 10.6 Å². The largest absolute Gasteiger partial charge is 0.451 e. The Hall–Kier alpha value is -2.90. The smallest absolute Gasteiger partial charge is 0.326 e. The number of carbonyl (C=O) groups excluding carboxylic acids is 4. The van der Waals surface area contributed by atoms with Crippen molar-refractivity contribution in [3.63, 3.8) is 0 Å². The number of hydrogen-bond donors (Lipinski definition) is 3. The van der Waals surface area contributed by atoms with E-state index in [1.54, 1.807) is 12.1 Å². The fourth-order valence-corrected chi connectivity index (χ4v) is 1.58. The molecule has 1 aromatic carbocycles. The van der Waals surface area contributed by atoms with E-state index in [1.165, 1.54) is 14.0 Å². The summed E-state index contributed by atoms with van der Waals surface area (Å²) in [5.74, 6) is -1.87. The van der Waals surface area contributed by atoms with E-state index in [-0.39, 0.29) is 18.9 Å². The van der Waals surface area contributed by atoms with Gasteiger partial charge in [0.1, 0.15) is 6.54 Å². The molecule has 3 N–H and O–H groups in total. The van der Waals surface area contributed by atoms with Gasteiger partial charge in [-0.1, -0.05) is 30.3 Å². The average Bonchev–Trinajstić information content (AvgIpc) is 2.53.